The first kappa shape index (κ1) is 12.8. The van der Waals surface area contributed by atoms with Gasteiger partial charge < -0.3 is 5.73 Å². The predicted molar refractivity (Wildman–Crippen MR) is 77.9 cm³/mol. The number of allylic oxidation sites excluding steroid dienone is 3. The second kappa shape index (κ2) is 5.34. The summed E-state index contributed by atoms with van der Waals surface area (Å²) in [5.74, 6) is 0. The normalized spacial score (nSPS) is 23.7. The Morgan fingerprint density at radius 2 is 1.89 bits per heavy atom. The Bertz CT molecular complexity index is 483. The summed E-state index contributed by atoms with van der Waals surface area (Å²) in [5.41, 5.74) is 8.32. The SMILES string of the molecule is CN(C)C1(N)C=CC(/C=C/c2ccccc2)=CC1. The molecule has 0 spiro atoms. The van der Waals surface area contributed by atoms with E-state index in [0.717, 1.165) is 6.42 Å². The molecule has 0 bridgehead atoms. The first-order valence-corrected chi connectivity index (χ1v) is 6.19. The molecule has 2 rings (SSSR count). The number of likely N-dealkylation sites (N-methyl/N-ethyl adjacent to an activating group) is 1. The summed E-state index contributed by atoms with van der Waals surface area (Å²) in [7, 11) is 4.01. The van der Waals surface area contributed by atoms with Crippen LogP contribution in [0.4, 0.5) is 0 Å². The summed E-state index contributed by atoms with van der Waals surface area (Å²) in [6.45, 7) is 0. The number of rotatable bonds is 3. The topological polar surface area (TPSA) is 29.3 Å². The molecule has 1 atom stereocenters. The van der Waals surface area contributed by atoms with Crippen molar-refractivity contribution >= 4 is 6.08 Å². The van der Waals surface area contributed by atoms with E-state index in [9.17, 15) is 0 Å². The van der Waals surface area contributed by atoms with Gasteiger partial charge >= 0.3 is 0 Å². The highest BCUT2D eigenvalue weighted by atomic mass is 15.2. The van der Waals surface area contributed by atoms with Gasteiger partial charge in [0.1, 0.15) is 0 Å². The molecular weight excluding hydrogens is 220 g/mol. The maximum atomic E-state index is 6.24. The van der Waals surface area contributed by atoms with Crippen molar-refractivity contribution in [2.75, 3.05) is 14.1 Å². The van der Waals surface area contributed by atoms with Crippen molar-refractivity contribution in [3.63, 3.8) is 0 Å². The molecule has 0 saturated carbocycles. The Balaban J connectivity index is 2.04. The van der Waals surface area contributed by atoms with Gasteiger partial charge in [0.2, 0.25) is 0 Å². The number of hydrogen-bond donors (Lipinski definition) is 1. The lowest BCUT2D eigenvalue weighted by Crippen LogP contribution is -2.51. The fourth-order valence-corrected chi connectivity index (χ4v) is 1.87. The van der Waals surface area contributed by atoms with Crippen LogP contribution in [0.5, 0.6) is 0 Å². The second-order valence-electron chi connectivity index (χ2n) is 4.87. The largest absolute Gasteiger partial charge is 0.310 e. The Kier molecular flexibility index (Phi) is 3.80. The minimum absolute atomic E-state index is 0.343. The molecule has 0 heterocycles. The van der Waals surface area contributed by atoms with Gasteiger partial charge in [-0.15, -0.1) is 0 Å². The molecule has 0 aromatic heterocycles. The Hall–Kier alpha value is -1.64. The van der Waals surface area contributed by atoms with E-state index in [1.165, 1.54) is 11.1 Å². The zero-order valence-electron chi connectivity index (χ0n) is 11.0. The monoisotopic (exact) mass is 240 g/mol. The lowest BCUT2D eigenvalue weighted by molar-refractivity contribution is 0.215. The molecular formula is C16H20N2. The zero-order valence-corrected chi connectivity index (χ0v) is 11.0. The van der Waals surface area contributed by atoms with Crippen molar-refractivity contribution in [2.24, 2.45) is 5.73 Å². The van der Waals surface area contributed by atoms with Crippen LogP contribution >= 0.6 is 0 Å². The third-order valence-electron chi connectivity index (χ3n) is 3.33. The second-order valence-corrected chi connectivity index (χ2v) is 4.87. The molecule has 2 heteroatoms. The lowest BCUT2D eigenvalue weighted by atomic mass is 9.96. The van der Waals surface area contributed by atoms with Gasteiger partial charge in [0.05, 0.1) is 5.66 Å². The van der Waals surface area contributed by atoms with Gasteiger partial charge in [0.15, 0.2) is 0 Å². The predicted octanol–water partition coefficient (Wildman–Crippen LogP) is 2.80. The van der Waals surface area contributed by atoms with E-state index >= 15 is 0 Å². The quantitative estimate of drug-likeness (QED) is 0.823. The highest BCUT2D eigenvalue weighted by Crippen LogP contribution is 2.21. The van der Waals surface area contributed by atoms with Gasteiger partial charge in [-0.1, -0.05) is 54.6 Å². The summed E-state index contributed by atoms with van der Waals surface area (Å²) in [6, 6.07) is 10.3. The van der Waals surface area contributed by atoms with Crippen LogP contribution in [0.15, 0.2) is 60.2 Å². The molecule has 0 aliphatic heterocycles. The molecule has 0 radical (unpaired) electrons. The molecule has 1 aliphatic carbocycles. The van der Waals surface area contributed by atoms with Crippen LogP contribution in [-0.4, -0.2) is 24.7 Å². The molecule has 94 valence electrons. The minimum atomic E-state index is -0.343. The zero-order chi connectivity index (χ0) is 13.0. The van der Waals surface area contributed by atoms with Gasteiger partial charge in [-0.05, 0) is 31.3 Å². The molecule has 1 aliphatic rings. The van der Waals surface area contributed by atoms with Crippen molar-refractivity contribution in [3.05, 3.63) is 65.8 Å². The van der Waals surface area contributed by atoms with E-state index < -0.39 is 0 Å². The first-order chi connectivity index (χ1) is 8.60. The number of nitrogens with zero attached hydrogens (tertiary/aromatic N) is 1. The van der Waals surface area contributed by atoms with Crippen molar-refractivity contribution in [2.45, 2.75) is 12.1 Å². The van der Waals surface area contributed by atoms with Gasteiger partial charge in [0, 0.05) is 6.42 Å². The van der Waals surface area contributed by atoms with Crippen LogP contribution in [0.1, 0.15) is 12.0 Å². The molecule has 2 nitrogen and oxygen atoms in total. The van der Waals surface area contributed by atoms with E-state index in [0.29, 0.717) is 0 Å². The third-order valence-corrected chi connectivity index (χ3v) is 3.33. The van der Waals surface area contributed by atoms with Crippen molar-refractivity contribution in [1.29, 1.82) is 0 Å². The summed E-state index contributed by atoms with van der Waals surface area (Å²) in [4.78, 5) is 2.04. The summed E-state index contributed by atoms with van der Waals surface area (Å²) in [5, 5.41) is 0. The van der Waals surface area contributed by atoms with Gasteiger partial charge in [-0.2, -0.15) is 0 Å². The van der Waals surface area contributed by atoms with Gasteiger partial charge in [-0.25, -0.2) is 0 Å². The number of nitrogens with two attached hydrogens (primary N) is 1. The average Bonchev–Trinajstić information content (AvgIpc) is 2.39. The molecule has 1 unspecified atom stereocenters. The maximum Gasteiger partial charge on any atom is 0.0912 e. The summed E-state index contributed by atoms with van der Waals surface area (Å²) >= 11 is 0. The summed E-state index contributed by atoms with van der Waals surface area (Å²) in [6.07, 6.45) is 11.4. The Labute approximate surface area is 109 Å². The van der Waals surface area contributed by atoms with E-state index in [-0.39, 0.29) is 5.66 Å². The third kappa shape index (κ3) is 2.97. The standard InChI is InChI=1S/C16H20N2/c1-18(2)16(17)12-10-15(11-13-16)9-8-14-6-4-3-5-7-14/h3-12H,13,17H2,1-2H3/b9-8+. The number of hydrogen-bond acceptors (Lipinski definition) is 2. The average molecular weight is 240 g/mol. The fraction of sp³-hybridized carbons (Fsp3) is 0.250. The smallest absolute Gasteiger partial charge is 0.0912 e. The summed E-state index contributed by atoms with van der Waals surface area (Å²) < 4.78 is 0. The Morgan fingerprint density at radius 3 is 2.44 bits per heavy atom. The maximum absolute atomic E-state index is 6.24. The Morgan fingerprint density at radius 1 is 1.17 bits per heavy atom. The van der Waals surface area contributed by atoms with Gasteiger partial charge in [-0.3, -0.25) is 4.90 Å². The van der Waals surface area contributed by atoms with E-state index in [4.69, 9.17) is 5.73 Å². The van der Waals surface area contributed by atoms with Crippen LogP contribution in [0.25, 0.3) is 6.08 Å². The molecule has 1 aromatic rings. The van der Waals surface area contributed by atoms with E-state index in [1.807, 2.05) is 37.2 Å². The van der Waals surface area contributed by atoms with Crippen LogP contribution in [0.2, 0.25) is 0 Å². The fourth-order valence-electron chi connectivity index (χ4n) is 1.87. The first-order valence-electron chi connectivity index (χ1n) is 6.19. The van der Waals surface area contributed by atoms with Crippen LogP contribution < -0.4 is 5.73 Å². The van der Waals surface area contributed by atoms with Crippen molar-refractivity contribution in [1.82, 2.24) is 4.90 Å². The molecule has 0 fully saturated rings. The number of benzene rings is 1. The highest BCUT2D eigenvalue weighted by molar-refractivity contribution is 5.55. The molecule has 2 N–H and O–H groups in total. The molecule has 18 heavy (non-hydrogen) atoms. The lowest BCUT2D eigenvalue weighted by Gasteiger charge is -2.34. The minimum Gasteiger partial charge on any atom is -0.310 e. The van der Waals surface area contributed by atoms with Gasteiger partial charge in [0.25, 0.3) is 0 Å². The van der Waals surface area contributed by atoms with E-state index in [2.05, 4.69) is 42.5 Å². The van der Waals surface area contributed by atoms with Crippen LogP contribution in [0.3, 0.4) is 0 Å². The van der Waals surface area contributed by atoms with Crippen LogP contribution in [-0.2, 0) is 0 Å². The molecule has 0 saturated heterocycles. The molecule has 1 aromatic carbocycles. The highest BCUT2D eigenvalue weighted by Gasteiger charge is 2.24. The molecule has 0 amide bonds. The van der Waals surface area contributed by atoms with E-state index in [1.54, 1.807) is 0 Å². The van der Waals surface area contributed by atoms with Crippen molar-refractivity contribution < 1.29 is 0 Å². The van der Waals surface area contributed by atoms with Crippen LogP contribution in [0, 0.1) is 0 Å². The van der Waals surface area contributed by atoms with Crippen molar-refractivity contribution in [3.8, 4) is 0 Å².